The van der Waals surface area contributed by atoms with Gasteiger partial charge < -0.3 is 0 Å². The Balaban J connectivity index is 2.02. The Bertz CT molecular complexity index is 889. The van der Waals surface area contributed by atoms with Gasteiger partial charge >= 0.3 is 0 Å². The van der Waals surface area contributed by atoms with Crippen molar-refractivity contribution in [2.75, 3.05) is 0 Å². The summed E-state index contributed by atoms with van der Waals surface area (Å²) in [5.74, 6) is 0.387. The lowest BCUT2D eigenvalue weighted by Gasteiger charge is -2.02. The van der Waals surface area contributed by atoms with Crippen molar-refractivity contribution < 1.29 is 0 Å². The van der Waals surface area contributed by atoms with Gasteiger partial charge in [0.2, 0.25) is 0 Å². The lowest BCUT2D eigenvalue weighted by Crippen LogP contribution is -2.20. The van der Waals surface area contributed by atoms with Gasteiger partial charge in [-0.2, -0.15) is 4.68 Å². The van der Waals surface area contributed by atoms with Crippen LogP contribution in [0.4, 0.5) is 0 Å². The molecule has 0 bridgehead atoms. The highest BCUT2D eigenvalue weighted by Crippen LogP contribution is 2.14. The molecule has 1 aromatic carbocycles. The van der Waals surface area contributed by atoms with Crippen LogP contribution in [0.5, 0.6) is 0 Å². The SMILES string of the molecule is Cc1cc(C)nc(-n2[nH]c(C)c(Cc3ccc(Br)cc3)c2=O)n1. The molecule has 6 heteroatoms. The number of hydrogen-bond acceptors (Lipinski definition) is 3. The molecule has 0 aliphatic carbocycles. The van der Waals surface area contributed by atoms with E-state index < -0.39 is 0 Å². The number of rotatable bonds is 3. The maximum Gasteiger partial charge on any atom is 0.277 e. The van der Waals surface area contributed by atoms with E-state index in [4.69, 9.17) is 0 Å². The van der Waals surface area contributed by atoms with E-state index in [1.165, 1.54) is 4.68 Å². The van der Waals surface area contributed by atoms with Gasteiger partial charge in [0.15, 0.2) is 0 Å². The van der Waals surface area contributed by atoms with Gasteiger partial charge in [0.25, 0.3) is 11.5 Å². The molecule has 2 heterocycles. The van der Waals surface area contributed by atoms with E-state index in [0.29, 0.717) is 12.4 Å². The predicted molar refractivity (Wildman–Crippen MR) is 93.1 cm³/mol. The predicted octanol–water partition coefficient (Wildman–Crippen LogP) is 3.23. The second-order valence-corrected chi connectivity index (χ2v) is 6.53. The van der Waals surface area contributed by atoms with Crippen LogP contribution in [0.15, 0.2) is 39.6 Å². The Morgan fingerprint density at radius 3 is 2.30 bits per heavy atom. The first-order chi connectivity index (χ1) is 10.9. The van der Waals surface area contributed by atoms with Crippen LogP contribution in [0, 0.1) is 20.8 Å². The molecule has 0 amide bonds. The van der Waals surface area contributed by atoms with Crippen molar-refractivity contribution >= 4 is 15.9 Å². The Morgan fingerprint density at radius 1 is 1.09 bits per heavy atom. The highest BCUT2D eigenvalue weighted by molar-refractivity contribution is 9.10. The molecule has 3 rings (SSSR count). The third-order valence-corrected chi connectivity index (χ3v) is 4.19. The van der Waals surface area contributed by atoms with Gasteiger partial charge in [-0.1, -0.05) is 28.1 Å². The fraction of sp³-hybridized carbons (Fsp3) is 0.235. The van der Waals surface area contributed by atoms with Gasteiger partial charge in [0.1, 0.15) is 0 Å². The topological polar surface area (TPSA) is 63.6 Å². The molecule has 0 aliphatic rings. The van der Waals surface area contributed by atoms with Crippen LogP contribution in [-0.2, 0) is 6.42 Å². The van der Waals surface area contributed by atoms with Crippen LogP contribution in [0.1, 0.15) is 28.2 Å². The second kappa shape index (κ2) is 6.12. The van der Waals surface area contributed by atoms with Gasteiger partial charge in [-0.05, 0) is 44.5 Å². The molecule has 0 aliphatic heterocycles. The smallest absolute Gasteiger partial charge is 0.277 e. The minimum Gasteiger partial charge on any atom is -0.292 e. The molecule has 0 spiro atoms. The van der Waals surface area contributed by atoms with Crippen molar-refractivity contribution in [3.63, 3.8) is 0 Å². The van der Waals surface area contributed by atoms with E-state index in [1.807, 2.05) is 51.1 Å². The van der Waals surface area contributed by atoms with Crippen molar-refractivity contribution in [3.8, 4) is 5.95 Å². The average molecular weight is 373 g/mol. The monoisotopic (exact) mass is 372 g/mol. The third-order valence-electron chi connectivity index (χ3n) is 3.66. The van der Waals surface area contributed by atoms with Gasteiger partial charge in [-0.3, -0.25) is 9.89 Å². The summed E-state index contributed by atoms with van der Waals surface area (Å²) in [6.45, 7) is 5.68. The summed E-state index contributed by atoms with van der Waals surface area (Å²) in [6.07, 6.45) is 0.576. The van der Waals surface area contributed by atoms with Crippen LogP contribution >= 0.6 is 15.9 Å². The van der Waals surface area contributed by atoms with Crippen molar-refractivity contribution in [2.24, 2.45) is 0 Å². The van der Waals surface area contributed by atoms with Gasteiger partial charge in [0, 0.05) is 33.5 Å². The van der Waals surface area contributed by atoms with E-state index in [1.54, 1.807) is 0 Å². The van der Waals surface area contributed by atoms with E-state index >= 15 is 0 Å². The Labute approximate surface area is 142 Å². The Hall–Kier alpha value is -2.21. The number of hydrogen-bond donors (Lipinski definition) is 1. The van der Waals surface area contributed by atoms with Crippen LogP contribution in [0.2, 0.25) is 0 Å². The minimum atomic E-state index is -0.101. The van der Waals surface area contributed by atoms with Gasteiger partial charge in [-0.15, -0.1) is 0 Å². The van der Waals surface area contributed by atoms with Gasteiger partial charge in [-0.25, -0.2) is 9.97 Å². The normalized spacial score (nSPS) is 11.0. The number of nitrogens with zero attached hydrogens (tertiary/aromatic N) is 3. The number of aromatic amines is 1. The summed E-state index contributed by atoms with van der Waals surface area (Å²) < 4.78 is 2.44. The zero-order valence-electron chi connectivity index (χ0n) is 13.2. The number of halogens is 1. The molecule has 3 aromatic rings. The van der Waals surface area contributed by atoms with E-state index in [9.17, 15) is 4.79 Å². The van der Waals surface area contributed by atoms with E-state index in [0.717, 1.165) is 32.7 Å². The minimum absolute atomic E-state index is 0.101. The van der Waals surface area contributed by atoms with E-state index in [-0.39, 0.29) is 5.56 Å². The van der Waals surface area contributed by atoms with Crippen molar-refractivity contribution in [2.45, 2.75) is 27.2 Å². The molecule has 0 unspecified atom stereocenters. The average Bonchev–Trinajstić information content (AvgIpc) is 2.76. The molecule has 0 radical (unpaired) electrons. The fourth-order valence-corrected chi connectivity index (χ4v) is 2.81. The molecule has 1 N–H and O–H groups in total. The molecule has 2 aromatic heterocycles. The molecule has 0 saturated heterocycles. The number of H-pyrrole nitrogens is 1. The molecular weight excluding hydrogens is 356 g/mol. The Kier molecular flexibility index (Phi) is 4.17. The Morgan fingerprint density at radius 2 is 1.70 bits per heavy atom. The summed E-state index contributed by atoms with van der Waals surface area (Å²) in [4.78, 5) is 21.4. The van der Waals surface area contributed by atoms with Crippen LogP contribution in [0.3, 0.4) is 0 Å². The number of aryl methyl sites for hydroxylation is 3. The number of aromatic nitrogens is 4. The largest absolute Gasteiger partial charge is 0.292 e. The van der Waals surface area contributed by atoms with E-state index in [2.05, 4.69) is 31.0 Å². The first-order valence-corrected chi connectivity index (χ1v) is 8.11. The molecular formula is C17H17BrN4O. The van der Waals surface area contributed by atoms with Crippen molar-refractivity contribution in [1.82, 2.24) is 19.7 Å². The lowest BCUT2D eigenvalue weighted by atomic mass is 10.1. The summed E-state index contributed by atoms with van der Waals surface area (Å²) in [5.41, 5.74) is 4.22. The van der Waals surface area contributed by atoms with Crippen LogP contribution in [0.25, 0.3) is 5.95 Å². The lowest BCUT2D eigenvalue weighted by molar-refractivity contribution is 0.762. The summed E-state index contributed by atoms with van der Waals surface area (Å²) in [7, 11) is 0. The first kappa shape index (κ1) is 15.7. The summed E-state index contributed by atoms with van der Waals surface area (Å²) in [6, 6.07) is 9.85. The molecule has 5 nitrogen and oxygen atoms in total. The number of nitrogens with one attached hydrogen (secondary N) is 1. The fourth-order valence-electron chi connectivity index (χ4n) is 2.54. The summed E-state index contributed by atoms with van der Waals surface area (Å²) in [5, 5.41) is 3.09. The summed E-state index contributed by atoms with van der Waals surface area (Å²) >= 11 is 3.42. The maximum absolute atomic E-state index is 12.7. The van der Waals surface area contributed by atoms with Crippen molar-refractivity contribution in [1.29, 1.82) is 0 Å². The number of benzene rings is 1. The second-order valence-electron chi connectivity index (χ2n) is 5.61. The molecule has 0 atom stereocenters. The highest BCUT2D eigenvalue weighted by Gasteiger charge is 2.15. The van der Waals surface area contributed by atoms with Crippen LogP contribution in [-0.4, -0.2) is 19.7 Å². The zero-order chi connectivity index (χ0) is 16.6. The molecule has 0 fully saturated rings. The zero-order valence-corrected chi connectivity index (χ0v) is 14.8. The maximum atomic E-state index is 12.7. The molecule has 23 heavy (non-hydrogen) atoms. The molecule has 118 valence electrons. The highest BCUT2D eigenvalue weighted by atomic mass is 79.9. The van der Waals surface area contributed by atoms with Gasteiger partial charge in [0.05, 0.1) is 0 Å². The molecule has 0 saturated carbocycles. The van der Waals surface area contributed by atoms with Crippen molar-refractivity contribution in [3.05, 3.63) is 73.4 Å². The third kappa shape index (κ3) is 3.27. The quantitative estimate of drug-likeness (QED) is 0.767. The van der Waals surface area contributed by atoms with Crippen LogP contribution < -0.4 is 5.56 Å². The first-order valence-electron chi connectivity index (χ1n) is 7.31. The standard InChI is InChI=1S/C17H17BrN4O/c1-10-8-11(2)20-17(19-10)22-16(23)15(12(3)21-22)9-13-4-6-14(18)7-5-13/h4-8,21H,9H2,1-3H3.